The van der Waals surface area contributed by atoms with Gasteiger partial charge in [-0.25, -0.2) is 0 Å². The summed E-state index contributed by atoms with van der Waals surface area (Å²) in [6.07, 6.45) is 4.58. The number of rotatable bonds is 1. The van der Waals surface area contributed by atoms with E-state index in [0.29, 0.717) is 4.25 Å². The SMILES string of the molecule is C[CH](C)[Ge]1([C](C)(C)C)[CH2]CCC[CH2]1. The molecule has 0 atom stereocenters. The molecule has 78 valence electrons. The van der Waals surface area contributed by atoms with Crippen molar-refractivity contribution < 1.29 is 0 Å². The monoisotopic (exact) mass is 244 g/mol. The first kappa shape index (κ1) is 11.6. The normalized spacial score (nSPS) is 23.5. The molecule has 1 heteroatoms. The Hall–Kier alpha value is 0.543. The third-order valence-electron chi connectivity index (χ3n) is 4.34. The maximum atomic E-state index is 2.51. The molecule has 13 heavy (non-hydrogen) atoms. The summed E-state index contributed by atoms with van der Waals surface area (Å²) in [5.74, 6) is 0. The van der Waals surface area contributed by atoms with Crippen LogP contribution in [0.25, 0.3) is 0 Å². The Bertz CT molecular complexity index is 158. The molecule has 0 N–H and O–H groups in total. The van der Waals surface area contributed by atoms with E-state index in [1.165, 1.54) is 19.3 Å². The topological polar surface area (TPSA) is 0 Å². The average Bonchev–Trinajstić information content (AvgIpc) is 2.03. The van der Waals surface area contributed by atoms with E-state index in [2.05, 4.69) is 34.6 Å². The van der Waals surface area contributed by atoms with E-state index in [1.54, 1.807) is 10.5 Å². The van der Waals surface area contributed by atoms with Crippen molar-refractivity contribution in [3.05, 3.63) is 0 Å². The molecular formula is C12H26Ge. The molecule has 1 aliphatic rings. The molecule has 0 aromatic rings. The van der Waals surface area contributed by atoms with Gasteiger partial charge in [0.05, 0.1) is 0 Å². The molecule has 0 spiro atoms. The van der Waals surface area contributed by atoms with Crippen molar-refractivity contribution in [3.8, 4) is 0 Å². The van der Waals surface area contributed by atoms with Crippen molar-refractivity contribution in [1.29, 1.82) is 0 Å². The number of hydrogen-bond donors (Lipinski definition) is 0. The van der Waals surface area contributed by atoms with Crippen molar-refractivity contribution in [2.75, 3.05) is 0 Å². The van der Waals surface area contributed by atoms with Crippen LogP contribution in [0.3, 0.4) is 0 Å². The predicted molar refractivity (Wildman–Crippen MR) is 64.0 cm³/mol. The molecule has 0 aliphatic carbocycles. The van der Waals surface area contributed by atoms with Crippen molar-refractivity contribution >= 4 is 13.3 Å². The van der Waals surface area contributed by atoms with Crippen LogP contribution < -0.4 is 0 Å². The molecular weight excluding hydrogens is 217 g/mol. The van der Waals surface area contributed by atoms with E-state index in [-0.39, 0.29) is 0 Å². The fourth-order valence-corrected chi connectivity index (χ4v) is 16.8. The van der Waals surface area contributed by atoms with Crippen molar-refractivity contribution in [2.45, 2.75) is 73.4 Å². The predicted octanol–water partition coefficient (Wildman–Crippen LogP) is 4.83. The molecule has 0 aromatic carbocycles. The molecule has 1 saturated heterocycles. The van der Waals surface area contributed by atoms with Gasteiger partial charge in [-0.15, -0.1) is 0 Å². The molecule has 0 saturated carbocycles. The van der Waals surface area contributed by atoms with Gasteiger partial charge in [0.15, 0.2) is 0 Å². The van der Waals surface area contributed by atoms with Gasteiger partial charge in [0.25, 0.3) is 0 Å². The van der Waals surface area contributed by atoms with Gasteiger partial charge in [0, 0.05) is 0 Å². The quantitative estimate of drug-likeness (QED) is 0.578. The van der Waals surface area contributed by atoms with Crippen LogP contribution in [0, 0.1) is 0 Å². The zero-order valence-corrected chi connectivity index (χ0v) is 12.2. The first-order valence-corrected chi connectivity index (χ1v) is 11.1. The molecule has 0 unspecified atom stereocenters. The van der Waals surface area contributed by atoms with E-state index >= 15 is 0 Å². The molecule has 0 nitrogen and oxygen atoms in total. The van der Waals surface area contributed by atoms with Crippen LogP contribution in [0.15, 0.2) is 0 Å². The molecule has 1 rings (SSSR count). The second kappa shape index (κ2) is 3.96. The third kappa shape index (κ3) is 2.14. The van der Waals surface area contributed by atoms with Crippen molar-refractivity contribution in [2.24, 2.45) is 0 Å². The minimum absolute atomic E-state index is 0.675. The summed E-state index contributed by atoms with van der Waals surface area (Å²) < 4.78 is 1.70. The Morgan fingerprint density at radius 3 is 1.62 bits per heavy atom. The van der Waals surface area contributed by atoms with Crippen molar-refractivity contribution in [1.82, 2.24) is 0 Å². The molecule has 1 aliphatic heterocycles. The fourth-order valence-electron chi connectivity index (χ4n) is 3.38. The second-order valence-corrected chi connectivity index (χ2v) is 18.6. The van der Waals surface area contributed by atoms with Crippen LogP contribution in [-0.2, 0) is 0 Å². The third-order valence-corrected chi connectivity index (χ3v) is 20.5. The summed E-state index contributed by atoms with van der Waals surface area (Å²) in [4.78, 5) is 0. The van der Waals surface area contributed by atoms with Gasteiger partial charge in [0.2, 0.25) is 0 Å². The summed E-state index contributed by atoms with van der Waals surface area (Å²) >= 11 is -1.51. The van der Waals surface area contributed by atoms with E-state index in [0.717, 1.165) is 4.75 Å². The van der Waals surface area contributed by atoms with Gasteiger partial charge < -0.3 is 0 Å². The Morgan fingerprint density at radius 1 is 0.923 bits per heavy atom. The Labute approximate surface area is 86.9 Å². The second-order valence-electron chi connectivity index (χ2n) is 6.12. The average molecular weight is 243 g/mol. The Kier molecular flexibility index (Phi) is 3.54. The number of hydrogen-bond acceptors (Lipinski definition) is 0. The molecule has 0 radical (unpaired) electrons. The first-order chi connectivity index (χ1) is 5.90. The summed E-state index contributed by atoms with van der Waals surface area (Å²) in [7, 11) is 0. The molecule has 0 bridgehead atoms. The molecule has 1 heterocycles. The standard InChI is InChI=1S/C12H26Ge/c1-11(2)13(12(3,4)5)9-7-6-8-10-13/h11H,6-10H2,1-5H3. The van der Waals surface area contributed by atoms with Gasteiger partial charge in [-0.1, -0.05) is 0 Å². The van der Waals surface area contributed by atoms with Gasteiger partial charge in [-0.05, 0) is 0 Å². The summed E-state index contributed by atoms with van der Waals surface area (Å²) in [6.45, 7) is 12.5. The van der Waals surface area contributed by atoms with Crippen LogP contribution >= 0.6 is 0 Å². The zero-order chi connectivity index (χ0) is 10.1. The van der Waals surface area contributed by atoms with E-state index in [1.807, 2.05) is 0 Å². The zero-order valence-electron chi connectivity index (χ0n) is 10.1. The minimum atomic E-state index is -1.51. The molecule has 0 aromatic heterocycles. The van der Waals surface area contributed by atoms with Crippen LogP contribution in [0.1, 0.15) is 53.9 Å². The summed E-state index contributed by atoms with van der Waals surface area (Å²) in [5.41, 5.74) is 0. The molecule has 0 amide bonds. The van der Waals surface area contributed by atoms with Gasteiger partial charge in [-0.2, -0.15) is 0 Å². The van der Waals surface area contributed by atoms with E-state index < -0.39 is 13.3 Å². The van der Waals surface area contributed by atoms with Gasteiger partial charge >= 0.3 is 86.7 Å². The van der Waals surface area contributed by atoms with Crippen LogP contribution in [0.2, 0.25) is 19.5 Å². The molecule has 1 fully saturated rings. The Morgan fingerprint density at radius 2 is 1.38 bits per heavy atom. The van der Waals surface area contributed by atoms with Crippen LogP contribution in [0.4, 0.5) is 0 Å². The van der Waals surface area contributed by atoms with Gasteiger partial charge in [0.1, 0.15) is 0 Å². The Balaban J connectivity index is 2.86. The van der Waals surface area contributed by atoms with E-state index in [9.17, 15) is 0 Å². The van der Waals surface area contributed by atoms with E-state index in [4.69, 9.17) is 0 Å². The first-order valence-electron chi connectivity index (χ1n) is 5.90. The fraction of sp³-hybridized carbons (Fsp3) is 1.00. The van der Waals surface area contributed by atoms with Gasteiger partial charge in [-0.3, -0.25) is 0 Å². The summed E-state index contributed by atoms with van der Waals surface area (Å²) in [6, 6.07) is 0. The van der Waals surface area contributed by atoms with Crippen LogP contribution in [0.5, 0.6) is 0 Å². The summed E-state index contributed by atoms with van der Waals surface area (Å²) in [5, 5.41) is 3.28. The van der Waals surface area contributed by atoms with Crippen molar-refractivity contribution in [3.63, 3.8) is 0 Å². The maximum absolute atomic E-state index is 2.51. The van der Waals surface area contributed by atoms with Crippen LogP contribution in [-0.4, -0.2) is 13.3 Å².